The monoisotopic (exact) mass is 437 g/mol. The second kappa shape index (κ2) is 8.72. The molecule has 0 fully saturated rings. The summed E-state index contributed by atoms with van der Waals surface area (Å²) in [5.74, 6) is -1.63. The number of carbonyl (C=O) groups excluding carboxylic acids is 3. The van der Waals surface area contributed by atoms with Gasteiger partial charge in [0.2, 0.25) is 5.91 Å². The van der Waals surface area contributed by atoms with Gasteiger partial charge < -0.3 is 15.0 Å². The van der Waals surface area contributed by atoms with Crippen molar-refractivity contribution in [2.24, 2.45) is 0 Å². The topological polar surface area (TPSA) is 122 Å². The molecule has 29 heavy (non-hydrogen) atoms. The van der Waals surface area contributed by atoms with Crippen LogP contribution in [-0.4, -0.2) is 45.4 Å². The summed E-state index contributed by atoms with van der Waals surface area (Å²) in [6, 6.07) is 9.38. The number of carbonyl (C=O) groups is 3. The minimum Gasteiger partial charge on any atom is -0.455 e. The van der Waals surface area contributed by atoms with Crippen LogP contribution in [0, 0.1) is 0 Å². The molecule has 1 aromatic heterocycles. The molecule has 1 aromatic carbocycles. The second-order valence-corrected chi connectivity index (χ2v) is 9.24. The van der Waals surface area contributed by atoms with Crippen LogP contribution in [0.5, 0.6) is 0 Å². The fraction of sp³-hybridized carbons (Fsp3) is 0.278. The third kappa shape index (κ3) is 5.00. The molecule has 0 bridgehead atoms. The van der Waals surface area contributed by atoms with Crippen molar-refractivity contribution >= 4 is 50.5 Å². The average molecular weight is 437 g/mol. The van der Waals surface area contributed by atoms with Crippen LogP contribution in [0.15, 0.2) is 46.0 Å². The number of sulfonamides is 1. The number of rotatable bonds is 6. The molecule has 0 aliphatic carbocycles. The van der Waals surface area contributed by atoms with E-state index in [1.807, 2.05) is 0 Å². The Hall–Kier alpha value is -2.76. The van der Waals surface area contributed by atoms with Gasteiger partial charge in [0, 0.05) is 12.5 Å². The number of fused-ring (bicyclic) bond motifs is 1. The van der Waals surface area contributed by atoms with E-state index < -0.39 is 41.1 Å². The molecule has 1 unspecified atom stereocenters. The molecule has 2 heterocycles. The number of hydrogen-bond donors (Lipinski definition) is 2. The highest BCUT2D eigenvalue weighted by atomic mass is 32.2. The number of amides is 2. The van der Waals surface area contributed by atoms with E-state index in [0.717, 1.165) is 11.3 Å². The van der Waals surface area contributed by atoms with Crippen LogP contribution in [0.25, 0.3) is 0 Å². The van der Waals surface area contributed by atoms with E-state index in [1.54, 1.807) is 42.6 Å². The van der Waals surface area contributed by atoms with Gasteiger partial charge in [-0.15, -0.1) is 11.3 Å². The lowest BCUT2D eigenvalue weighted by molar-refractivity contribution is -0.146. The molecule has 0 saturated heterocycles. The lowest BCUT2D eigenvalue weighted by Gasteiger charge is -2.27. The summed E-state index contributed by atoms with van der Waals surface area (Å²) >= 11 is 1.02. The van der Waals surface area contributed by atoms with Crippen molar-refractivity contribution in [2.75, 3.05) is 23.4 Å². The van der Waals surface area contributed by atoms with Crippen molar-refractivity contribution in [1.82, 2.24) is 4.72 Å². The molecule has 1 aliphatic heterocycles. The Morgan fingerprint density at radius 2 is 2.03 bits per heavy atom. The first kappa shape index (κ1) is 21.0. The molecule has 3 rings (SSSR count). The zero-order valence-corrected chi connectivity index (χ0v) is 17.1. The minimum absolute atomic E-state index is 0.0774. The van der Waals surface area contributed by atoms with Crippen molar-refractivity contribution in [1.29, 1.82) is 0 Å². The molecule has 2 amide bonds. The molecule has 1 atom stereocenters. The van der Waals surface area contributed by atoms with Crippen molar-refractivity contribution in [3.63, 3.8) is 0 Å². The predicted molar refractivity (Wildman–Crippen MR) is 107 cm³/mol. The van der Waals surface area contributed by atoms with E-state index in [1.165, 1.54) is 11.0 Å². The smallest absolute Gasteiger partial charge is 0.321 e. The molecular weight excluding hydrogens is 418 g/mol. The largest absolute Gasteiger partial charge is 0.455 e. The van der Waals surface area contributed by atoms with Crippen molar-refractivity contribution in [2.45, 2.75) is 23.6 Å². The van der Waals surface area contributed by atoms with E-state index in [2.05, 4.69) is 10.0 Å². The Morgan fingerprint density at radius 1 is 1.28 bits per heavy atom. The number of thiophene rings is 1. The molecule has 11 heteroatoms. The predicted octanol–water partition coefficient (Wildman–Crippen LogP) is 1.33. The van der Waals surface area contributed by atoms with Crippen molar-refractivity contribution in [3.8, 4) is 0 Å². The summed E-state index contributed by atoms with van der Waals surface area (Å²) in [6.07, 6.45) is 0.0922. The Labute approximate surface area is 171 Å². The second-order valence-electron chi connectivity index (χ2n) is 6.30. The van der Waals surface area contributed by atoms with E-state index >= 15 is 0 Å². The number of benzene rings is 1. The normalized spacial score (nSPS) is 16.5. The van der Waals surface area contributed by atoms with Gasteiger partial charge in [-0.3, -0.25) is 14.4 Å². The summed E-state index contributed by atoms with van der Waals surface area (Å²) in [5.41, 5.74) is 0.996. The molecule has 9 nitrogen and oxygen atoms in total. The van der Waals surface area contributed by atoms with Crippen LogP contribution in [0.1, 0.15) is 13.3 Å². The molecule has 2 N–H and O–H groups in total. The number of esters is 1. The van der Waals surface area contributed by atoms with E-state index in [-0.39, 0.29) is 16.5 Å². The Morgan fingerprint density at radius 3 is 2.76 bits per heavy atom. The molecule has 0 radical (unpaired) electrons. The first-order valence-corrected chi connectivity index (χ1v) is 11.0. The molecule has 1 aliphatic rings. The van der Waals surface area contributed by atoms with Gasteiger partial charge in [0.1, 0.15) is 10.8 Å². The van der Waals surface area contributed by atoms with E-state index in [4.69, 9.17) is 4.74 Å². The van der Waals surface area contributed by atoms with Gasteiger partial charge in [-0.25, -0.2) is 8.42 Å². The summed E-state index contributed by atoms with van der Waals surface area (Å²) in [4.78, 5) is 38.0. The summed E-state index contributed by atoms with van der Waals surface area (Å²) in [7, 11) is -3.80. The third-order valence-corrected chi connectivity index (χ3v) is 6.95. The summed E-state index contributed by atoms with van der Waals surface area (Å²) in [6.45, 7) is 0.544. The molecule has 0 saturated carbocycles. The van der Waals surface area contributed by atoms with E-state index in [0.29, 0.717) is 11.4 Å². The molecule has 154 valence electrons. The first-order chi connectivity index (χ1) is 13.8. The van der Waals surface area contributed by atoms with Crippen molar-refractivity contribution < 1.29 is 27.5 Å². The van der Waals surface area contributed by atoms with Crippen LogP contribution in [0.4, 0.5) is 11.4 Å². The number of para-hydroxylation sites is 2. The zero-order chi connectivity index (χ0) is 21.0. The Kier molecular flexibility index (Phi) is 6.30. The maximum atomic E-state index is 12.7. The van der Waals surface area contributed by atoms with Gasteiger partial charge in [0.25, 0.3) is 15.9 Å². The summed E-state index contributed by atoms with van der Waals surface area (Å²) < 4.78 is 31.2. The number of nitrogens with zero attached hydrogens (tertiary/aromatic N) is 1. The summed E-state index contributed by atoms with van der Waals surface area (Å²) in [5, 5.41) is 4.34. The molecule has 2 aromatic rings. The first-order valence-electron chi connectivity index (χ1n) is 8.67. The lowest BCUT2D eigenvalue weighted by Crippen LogP contribution is -2.42. The maximum absolute atomic E-state index is 12.7. The van der Waals surface area contributed by atoms with Crippen LogP contribution in [0.2, 0.25) is 0 Å². The van der Waals surface area contributed by atoms with Gasteiger partial charge in [-0.2, -0.15) is 4.72 Å². The zero-order valence-electron chi connectivity index (χ0n) is 15.5. The molecule has 0 spiro atoms. The standard InChI is InChI=1S/C18H19N3O6S2/c1-12-9-15(22)20-13-5-2-3-6-14(13)21(12)16(23)11-27-17(24)10-19-29(25,26)18-7-4-8-28-18/h2-8,12,19H,9-11H2,1H3,(H,20,22). The average Bonchev–Trinajstić information content (AvgIpc) is 3.18. The van der Waals surface area contributed by atoms with Gasteiger partial charge in [-0.05, 0) is 30.5 Å². The Bertz CT molecular complexity index is 1020. The SMILES string of the molecule is CC1CC(=O)Nc2ccccc2N1C(=O)COC(=O)CNS(=O)(=O)c1cccs1. The quantitative estimate of drug-likeness (QED) is 0.658. The van der Waals surface area contributed by atoms with Gasteiger partial charge in [0.05, 0.1) is 11.4 Å². The minimum atomic E-state index is -3.80. The van der Waals surface area contributed by atoms with Gasteiger partial charge in [-0.1, -0.05) is 18.2 Å². The van der Waals surface area contributed by atoms with Crippen LogP contribution < -0.4 is 14.9 Å². The highest BCUT2D eigenvalue weighted by Gasteiger charge is 2.30. The van der Waals surface area contributed by atoms with Gasteiger partial charge >= 0.3 is 5.97 Å². The lowest BCUT2D eigenvalue weighted by atomic mass is 10.1. The van der Waals surface area contributed by atoms with Crippen LogP contribution in [-0.2, 0) is 29.1 Å². The van der Waals surface area contributed by atoms with Crippen molar-refractivity contribution in [3.05, 3.63) is 41.8 Å². The molecular formula is C18H19N3O6S2. The number of hydrogen-bond acceptors (Lipinski definition) is 7. The highest BCUT2D eigenvalue weighted by Crippen LogP contribution is 2.31. The highest BCUT2D eigenvalue weighted by molar-refractivity contribution is 7.91. The number of anilines is 2. The maximum Gasteiger partial charge on any atom is 0.321 e. The number of nitrogens with one attached hydrogen (secondary N) is 2. The number of ether oxygens (including phenoxy) is 1. The Balaban J connectivity index is 1.61. The third-order valence-electron chi connectivity index (χ3n) is 4.15. The van der Waals surface area contributed by atoms with Crippen LogP contribution in [0.3, 0.4) is 0 Å². The van der Waals surface area contributed by atoms with Gasteiger partial charge in [0.15, 0.2) is 6.61 Å². The fourth-order valence-electron chi connectivity index (χ4n) is 2.87. The van der Waals surface area contributed by atoms with Crippen LogP contribution >= 0.6 is 11.3 Å². The fourth-order valence-corrected chi connectivity index (χ4v) is 4.88. The van der Waals surface area contributed by atoms with E-state index in [9.17, 15) is 22.8 Å².